The van der Waals surface area contributed by atoms with E-state index in [-0.39, 0.29) is 11.5 Å². The molecule has 0 saturated heterocycles. The first-order chi connectivity index (χ1) is 9.15. The molecule has 0 heterocycles. The van der Waals surface area contributed by atoms with E-state index in [1.54, 1.807) is 17.8 Å². The van der Waals surface area contributed by atoms with Gasteiger partial charge in [-0.3, -0.25) is 0 Å². The lowest BCUT2D eigenvalue weighted by atomic mass is 10.2. The summed E-state index contributed by atoms with van der Waals surface area (Å²) in [5.74, 6) is 1.25. The number of rotatable bonds is 5. The third kappa shape index (κ3) is 4.17. The number of thioether (sulfide) groups is 1. The standard InChI is InChI=1S/C15H16FNOS/c1-11-2-4-12(5-3-11)18-8-9-19-13-6-7-15(17)14(16)10-13/h2-7,10H,8-9,17H2,1H3. The third-order valence-electron chi connectivity index (χ3n) is 2.61. The van der Waals surface area contributed by atoms with Gasteiger partial charge in [0.05, 0.1) is 12.3 Å². The molecular formula is C15H16FNOS. The molecule has 0 aromatic heterocycles. The fourth-order valence-electron chi connectivity index (χ4n) is 1.55. The Kier molecular flexibility index (Phi) is 4.68. The molecule has 19 heavy (non-hydrogen) atoms. The fourth-order valence-corrected chi connectivity index (χ4v) is 2.30. The summed E-state index contributed by atoms with van der Waals surface area (Å²) in [5, 5.41) is 0. The van der Waals surface area contributed by atoms with Gasteiger partial charge >= 0.3 is 0 Å². The number of benzene rings is 2. The van der Waals surface area contributed by atoms with Crippen LogP contribution >= 0.6 is 11.8 Å². The summed E-state index contributed by atoms with van der Waals surface area (Å²) in [4.78, 5) is 0.860. The van der Waals surface area contributed by atoms with Crippen molar-refractivity contribution in [3.63, 3.8) is 0 Å². The van der Waals surface area contributed by atoms with Gasteiger partial charge in [-0.05, 0) is 37.3 Å². The van der Waals surface area contributed by atoms with Crippen molar-refractivity contribution >= 4 is 17.4 Å². The Morgan fingerprint density at radius 3 is 2.58 bits per heavy atom. The van der Waals surface area contributed by atoms with Crippen molar-refractivity contribution in [1.29, 1.82) is 0 Å². The Bertz CT molecular complexity index is 542. The second kappa shape index (κ2) is 6.48. The van der Waals surface area contributed by atoms with Crippen molar-refractivity contribution in [2.45, 2.75) is 11.8 Å². The normalized spacial score (nSPS) is 10.4. The molecule has 0 spiro atoms. The molecule has 2 nitrogen and oxygen atoms in total. The summed E-state index contributed by atoms with van der Waals surface area (Å²) in [6.07, 6.45) is 0. The highest BCUT2D eigenvalue weighted by Crippen LogP contribution is 2.22. The first-order valence-corrected chi connectivity index (χ1v) is 7.01. The lowest BCUT2D eigenvalue weighted by Crippen LogP contribution is -2.00. The molecule has 0 saturated carbocycles. The van der Waals surface area contributed by atoms with E-state index in [2.05, 4.69) is 0 Å². The summed E-state index contributed by atoms with van der Waals surface area (Å²) in [7, 11) is 0. The summed E-state index contributed by atoms with van der Waals surface area (Å²) in [6.45, 7) is 2.62. The minimum absolute atomic E-state index is 0.181. The predicted octanol–water partition coefficient (Wildman–Crippen LogP) is 3.89. The monoisotopic (exact) mass is 277 g/mol. The fraction of sp³-hybridized carbons (Fsp3) is 0.200. The van der Waals surface area contributed by atoms with Crippen LogP contribution in [0.3, 0.4) is 0 Å². The molecular weight excluding hydrogens is 261 g/mol. The molecule has 0 amide bonds. The van der Waals surface area contributed by atoms with Crippen LogP contribution in [-0.2, 0) is 0 Å². The van der Waals surface area contributed by atoms with Gasteiger partial charge in [0.2, 0.25) is 0 Å². The minimum Gasteiger partial charge on any atom is -0.493 e. The second-order valence-electron chi connectivity index (χ2n) is 4.19. The third-order valence-corrected chi connectivity index (χ3v) is 3.57. The van der Waals surface area contributed by atoms with Crippen molar-refractivity contribution in [3.05, 3.63) is 53.8 Å². The van der Waals surface area contributed by atoms with E-state index in [0.29, 0.717) is 6.61 Å². The van der Waals surface area contributed by atoms with Gasteiger partial charge in [0.1, 0.15) is 11.6 Å². The maximum Gasteiger partial charge on any atom is 0.147 e. The molecule has 2 N–H and O–H groups in total. The van der Waals surface area contributed by atoms with E-state index < -0.39 is 0 Å². The lowest BCUT2D eigenvalue weighted by molar-refractivity contribution is 0.344. The zero-order valence-corrected chi connectivity index (χ0v) is 11.5. The largest absolute Gasteiger partial charge is 0.493 e. The summed E-state index contributed by atoms with van der Waals surface area (Å²) in [6, 6.07) is 12.8. The number of hydrogen-bond acceptors (Lipinski definition) is 3. The SMILES string of the molecule is Cc1ccc(OCCSc2ccc(N)c(F)c2)cc1. The van der Waals surface area contributed by atoms with Crippen LogP contribution in [0.1, 0.15) is 5.56 Å². The summed E-state index contributed by atoms with van der Waals surface area (Å²) in [5.41, 5.74) is 6.81. The van der Waals surface area contributed by atoms with E-state index >= 15 is 0 Å². The van der Waals surface area contributed by atoms with Crippen LogP contribution in [0.25, 0.3) is 0 Å². The molecule has 100 valence electrons. The average molecular weight is 277 g/mol. The summed E-state index contributed by atoms with van der Waals surface area (Å²) < 4.78 is 18.8. The van der Waals surface area contributed by atoms with Gasteiger partial charge in [0.25, 0.3) is 0 Å². The highest BCUT2D eigenvalue weighted by atomic mass is 32.2. The second-order valence-corrected chi connectivity index (χ2v) is 5.36. The highest BCUT2D eigenvalue weighted by molar-refractivity contribution is 7.99. The van der Waals surface area contributed by atoms with Crippen LogP contribution in [-0.4, -0.2) is 12.4 Å². The molecule has 0 aliphatic carbocycles. The van der Waals surface area contributed by atoms with E-state index in [1.807, 2.05) is 37.3 Å². The zero-order chi connectivity index (χ0) is 13.7. The van der Waals surface area contributed by atoms with Gasteiger partial charge in [-0.15, -0.1) is 11.8 Å². The van der Waals surface area contributed by atoms with Crippen molar-refractivity contribution < 1.29 is 9.13 Å². The van der Waals surface area contributed by atoms with E-state index in [4.69, 9.17) is 10.5 Å². The Labute approximate surface area is 116 Å². The van der Waals surface area contributed by atoms with Crippen molar-refractivity contribution in [1.82, 2.24) is 0 Å². The smallest absolute Gasteiger partial charge is 0.147 e. The van der Waals surface area contributed by atoms with Gasteiger partial charge in [-0.2, -0.15) is 0 Å². The first-order valence-electron chi connectivity index (χ1n) is 6.02. The van der Waals surface area contributed by atoms with E-state index in [9.17, 15) is 4.39 Å². The Morgan fingerprint density at radius 1 is 1.16 bits per heavy atom. The Morgan fingerprint density at radius 2 is 1.89 bits per heavy atom. The molecule has 2 aromatic rings. The lowest BCUT2D eigenvalue weighted by Gasteiger charge is -2.06. The maximum atomic E-state index is 13.2. The van der Waals surface area contributed by atoms with Gasteiger partial charge in [0.15, 0.2) is 0 Å². The first kappa shape index (κ1) is 13.7. The molecule has 0 aliphatic rings. The number of ether oxygens (including phenoxy) is 1. The Hall–Kier alpha value is -1.68. The maximum absolute atomic E-state index is 13.2. The molecule has 0 bridgehead atoms. The Balaban J connectivity index is 1.77. The molecule has 0 radical (unpaired) electrons. The molecule has 2 rings (SSSR count). The zero-order valence-electron chi connectivity index (χ0n) is 10.7. The predicted molar refractivity (Wildman–Crippen MR) is 78.2 cm³/mol. The van der Waals surface area contributed by atoms with Gasteiger partial charge in [-0.1, -0.05) is 17.7 Å². The van der Waals surface area contributed by atoms with Crippen molar-refractivity contribution in [3.8, 4) is 5.75 Å². The molecule has 0 aliphatic heterocycles. The molecule has 0 atom stereocenters. The quantitative estimate of drug-likeness (QED) is 0.511. The van der Waals surface area contributed by atoms with Crippen LogP contribution in [0.4, 0.5) is 10.1 Å². The van der Waals surface area contributed by atoms with E-state index in [1.165, 1.54) is 11.6 Å². The molecule has 4 heteroatoms. The molecule has 0 unspecified atom stereocenters. The molecule has 0 fully saturated rings. The summed E-state index contributed by atoms with van der Waals surface area (Å²) >= 11 is 1.55. The number of halogens is 1. The van der Waals surface area contributed by atoms with Gasteiger partial charge in [0, 0.05) is 10.6 Å². The van der Waals surface area contributed by atoms with Crippen LogP contribution in [0.2, 0.25) is 0 Å². The van der Waals surface area contributed by atoms with Crippen molar-refractivity contribution in [2.24, 2.45) is 0 Å². The number of nitrogens with two attached hydrogens (primary N) is 1. The van der Waals surface area contributed by atoms with Crippen LogP contribution in [0.5, 0.6) is 5.75 Å². The van der Waals surface area contributed by atoms with E-state index in [0.717, 1.165) is 16.4 Å². The average Bonchev–Trinajstić information content (AvgIpc) is 2.41. The van der Waals surface area contributed by atoms with Gasteiger partial charge < -0.3 is 10.5 Å². The highest BCUT2D eigenvalue weighted by Gasteiger charge is 2.01. The minimum atomic E-state index is -0.371. The molecule has 2 aromatic carbocycles. The van der Waals surface area contributed by atoms with Crippen molar-refractivity contribution in [2.75, 3.05) is 18.1 Å². The number of aryl methyl sites for hydroxylation is 1. The number of nitrogen functional groups attached to an aromatic ring is 1. The van der Waals surface area contributed by atoms with Gasteiger partial charge in [-0.25, -0.2) is 4.39 Å². The van der Waals surface area contributed by atoms with Crippen LogP contribution in [0.15, 0.2) is 47.4 Å². The number of hydrogen-bond donors (Lipinski definition) is 1. The van der Waals surface area contributed by atoms with Crippen LogP contribution < -0.4 is 10.5 Å². The number of anilines is 1. The topological polar surface area (TPSA) is 35.2 Å². The van der Waals surface area contributed by atoms with Crippen LogP contribution in [0, 0.1) is 12.7 Å².